The Morgan fingerprint density at radius 3 is 2.14 bits per heavy atom. The van der Waals surface area contributed by atoms with E-state index >= 15 is 0 Å². The number of hydrogen-bond acceptors (Lipinski definition) is 4. The summed E-state index contributed by atoms with van der Waals surface area (Å²) in [5, 5.41) is 15.2. The van der Waals surface area contributed by atoms with Gasteiger partial charge < -0.3 is 20.5 Å². The molecule has 5 rings (SSSR count). The first kappa shape index (κ1) is 23.4. The van der Waals surface area contributed by atoms with Crippen molar-refractivity contribution in [3.63, 3.8) is 0 Å². The molecule has 2 amide bonds. The molecule has 0 heterocycles. The zero-order valence-corrected chi connectivity index (χ0v) is 20.0. The molecule has 0 spiro atoms. The number of amides is 2. The number of benzene rings is 2. The van der Waals surface area contributed by atoms with E-state index in [9.17, 15) is 19.5 Å². The number of carboxylic acids is 1. The molecule has 2 aromatic rings. The van der Waals surface area contributed by atoms with Gasteiger partial charge in [-0.25, -0.2) is 4.79 Å². The highest BCUT2D eigenvalue weighted by molar-refractivity contribution is 5.81. The highest BCUT2D eigenvalue weighted by Gasteiger charge is 2.45. The summed E-state index contributed by atoms with van der Waals surface area (Å²) in [6.07, 6.45) is 3.26. The van der Waals surface area contributed by atoms with Crippen molar-refractivity contribution in [3.05, 3.63) is 59.7 Å². The van der Waals surface area contributed by atoms with E-state index in [-0.39, 0.29) is 49.2 Å². The molecule has 0 saturated heterocycles. The van der Waals surface area contributed by atoms with Gasteiger partial charge in [0.1, 0.15) is 6.61 Å². The Morgan fingerprint density at radius 2 is 1.60 bits per heavy atom. The van der Waals surface area contributed by atoms with E-state index in [1.54, 1.807) is 0 Å². The fourth-order valence-electron chi connectivity index (χ4n) is 5.52. The summed E-state index contributed by atoms with van der Waals surface area (Å²) in [5.41, 5.74) is 3.89. The number of nitrogens with one attached hydrogen (secondary N) is 2. The van der Waals surface area contributed by atoms with Crippen LogP contribution in [0.5, 0.6) is 0 Å². The maximum Gasteiger partial charge on any atom is 0.407 e. The van der Waals surface area contributed by atoms with Crippen LogP contribution in [0, 0.1) is 11.8 Å². The van der Waals surface area contributed by atoms with Gasteiger partial charge in [-0.15, -0.1) is 0 Å². The summed E-state index contributed by atoms with van der Waals surface area (Å²) in [4.78, 5) is 36.9. The number of carbonyl (C=O) groups excluding carboxylic acids is 2. The van der Waals surface area contributed by atoms with Crippen molar-refractivity contribution in [3.8, 4) is 11.1 Å². The quantitative estimate of drug-likeness (QED) is 0.470. The molecular weight excluding hydrogens is 444 g/mol. The number of carboxylic acid groups (broad SMARTS) is 1. The smallest absolute Gasteiger partial charge is 0.407 e. The molecule has 0 aromatic heterocycles. The van der Waals surface area contributed by atoms with Crippen molar-refractivity contribution in [1.29, 1.82) is 0 Å². The third-order valence-electron chi connectivity index (χ3n) is 7.67. The molecule has 2 fully saturated rings. The molecule has 2 atom stereocenters. The minimum absolute atomic E-state index is 0.0221. The lowest BCUT2D eigenvalue weighted by molar-refractivity contribution is -0.139. The number of hydrogen-bond donors (Lipinski definition) is 3. The number of fused-ring (bicyclic) bond motifs is 3. The average Bonchev–Trinajstić information content (AvgIpc) is 3.72. The van der Waals surface area contributed by atoms with E-state index < -0.39 is 17.6 Å². The van der Waals surface area contributed by atoms with Crippen LogP contribution in [-0.2, 0) is 14.3 Å². The molecule has 184 valence electrons. The van der Waals surface area contributed by atoms with E-state index in [1.807, 2.05) is 31.2 Å². The Morgan fingerprint density at radius 1 is 1.00 bits per heavy atom. The Bertz CT molecular complexity index is 1090. The van der Waals surface area contributed by atoms with E-state index in [4.69, 9.17) is 4.74 Å². The van der Waals surface area contributed by atoms with Crippen molar-refractivity contribution < 1.29 is 24.2 Å². The second-order valence-corrected chi connectivity index (χ2v) is 10.4. The van der Waals surface area contributed by atoms with Gasteiger partial charge in [0.2, 0.25) is 5.91 Å². The minimum atomic E-state index is -0.921. The maximum atomic E-state index is 12.8. The van der Waals surface area contributed by atoms with Crippen LogP contribution in [0.3, 0.4) is 0 Å². The Labute approximate surface area is 205 Å². The van der Waals surface area contributed by atoms with Crippen LogP contribution in [0.1, 0.15) is 62.5 Å². The third-order valence-corrected chi connectivity index (χ3v) is 7.67. The Balaban J connectivity index is 1.19. The monoisotopic (exact) mass is 476 g/mol. The van der Waals surface area contributed by atoms with Crippen LogP contribution in [0.25, 0.3) is 11.1 Å². The molecular formula is C28H32N2O5. The molecule has 2 saturated carbocycles. The predicted octanol–water partition coefficient (Wildman–Crippen LogP) is 4.45. The van der Waals surface area contributed by atoms with Crippen molar-refractivity contribution in [2.45, 2.75) is 62.9 Å². The number of alkyl carbamates (subject to hydrolysis) is 1. The lowest BCUT2D eigenvalue weighted by Gasteiger charge is -2.30. The molecule has 0 radical (unpaired) electrons. The van der Waals surface area contributed by atoms with E-state index in [1.165, 1.54) is 11.1 Å². The van der Waals surface area contributed by atoms with Gasteiger partial charge in [-0.05, 0) is 66.7 Å². The zero-order valence-electron chi connectivity index (χ0n) is 20.0. The number of ether oxygens (including phenoxy) is 1. The van der Waals surface area contributed by atoms with Gasteiger partial charge in [-0.1, -0.05) is 48.5 Å². The number of rotatable bonds is 10. The van der Waals surface area contributed by atoms with E-state index in [2.05, 4.69) is 34.9 Å². The van der Waals surface area contributed by atoms with Gasteiger partial charge in [0, 0.05) is 18.4 Å². The Hall–Kier alpha value is -3.35. The molecule has 3 aliphatic carbocycles. The highest BCUT2D eigenvalue weighted by atomic mass is 16.5. The van der Waals surface area contributed by atoms with Crippen molar-refractivity contribution in [1.82, 2.24) is 10.6 Å². The second kappa shape index (κ2) is 9.36. The van der Waals surface area contributed by atoms with Crippen LogP contribution in [0.2, 0.25) is 0 Å². The molecule has 3 aliphatic rings. The van der Waals surface area contributed by atoms with Gasteiger partial charge in [0.25, 0.3) is 0 Å². The van der Waals surface area contributed by atoms with Gasteiger partial charge in [0.05, 0.1) is 12.0 Å². The van der Waals surface area contributed by atoms with Gasteiger partial charge >= 0.3 is 12.1 Å². The summed E-state index contributed by atoms with van der Waals surface area (Å²) < 4.78 is 5.67. The topological polar surface area (TPSA) is 105 Å². The first-order chi connectivity index (χ1) is 16.8. The second-order valence-electron chi connectivity index (χ2n) is 10.4. The van der Waals surface area contributed by atoms with Crippen LogP contribution in [0.15, 0.2) is 48.5 Å². The summed E-state index contributed by atoms with van der Waals surface area (Å²) >= 11 is 0. The third kappa shape index (κ3) is 5.19. The lowest BCUT2D eigenvalue weighted by atomic mass is 9.91. The molecule has 2 aromatic carbocycles. The van der Waals surface area contributed by atoms with Crippen LogP contribution >= 0.6 is 0 Å². The Kier molecular flexibility index (Phi) is 6.26. The highest BCUT2D eigenvalue weighted by Crippen LogP contribution is 2.45. The first-order valence-corrected chi connectivity index (χ1v) is 12.5. The van der Waals surface area contributed by atoms with Gasteiger partial charge in [-0.2, -0.15) is 0 Å². The molecule has 35 heavy (non-hydrogen) atoms. The largest absolute Gasteiger partial charge is 0.481 e. The summed E-state index contributed by atoms with van der Waals surface area (Å²) in [7, 11) is 0. The van der Waals surface area contributed by atoms with Crippen LogP contribution in [-0.4, -0.2) is 41.3 Å². The lowest BCUT2D eigenvalue weighted by Crippen LogP contribution is -2.51. The zero-order chi connectivity index (χ0) is 24.6. The predicted molar refractivity (Wildman–Crippen MR) is 131 cm³/mol. The number of carbonyl (C=O) groups is 3. The van der Waals surface area contributed by atoms with Crippen LogP contribution < -0.4 is 10.6 Å². The molecule has 2 unspecified atom stereocenters. The van der Waals surface area contributed by atoms with E-state index in [0.29, 0.717) is 0 Å². The van der Waals surface area contributed by atoms with Crippen molar-refractivity contribution >= 4 is 18.0 Å². The van der Waals surface area contributed by atoms with Gasteiger partial charge in [0.15, 0.2) is 0 Å². The molecule has 0 bridgehead atoms. The summed E-state index contributed by atoms with van der Waals surface area (Å²) in [6.45, 7) is 2.03. The summed E-state index contributed by atoms with van der Waals surface area (Å²) in [6, 6.07) is 16.0. The average molecular weight is 477 g/mol. The fourth-order valence-corrected chi connectivity index (χ4v) is 5.52. The molecule has 0 aliphatic heterocycles. The minimum Gasteiger partial charge on any atom is -0.481 e. The maximum absolute atomic E-state index is 12.8. The first-order valence-electron chi connectivity index (χ1n) is 12.5. The van der Waals surface area contributed by atoms with Gasteiger partial charge in [-0.3, -0.25) is 9.59 Å². The van der Waals surface area contributed by atoms with E-state index in [0.717, 1.165) is 36.8 Å². The molecule has 7 nitrogen and oxygen atoms in total. The number of aliphatic carboxylic acids is 1. The molecule has 3 N–H and O–H groups in total. The van der Waals surface area contributed by atoms with Crippen LogP contribution in [0.4, 0.5) is 4.79 Å². The normalized spacial score (nSPS) is 19.1. The van der Waals surface area contributed by atoms with Crippen molar-refractivity contribution in [2.75, 3.05) is 6.61 Å². The fraction of sp³-hybridized carbons (Fsp3) is 0.464. The standard InChI is InChI=1S/C28H32N2O5/c1-28(15-26(32)33,18-12-13-18)30-25(31)14-24(17-10-11-17)29-27(34)35-16-23-21-8-4-2-6-19(21)20-7-3-5-9-22(20)23/h2-9,17-18,23-24H,10-16H2,1H3,(H,29,34)(H,30,31)(H,32,33). The SMILES string of the molecule is CC(CC(=O)O)(NC(=O)CC(NC(=O)OCC1c2ccccc2-c2ccccc21)C1CC1)C1CC1. The molecule has 7 heteroatoms. The summed E-state index contributed by atoms with van der Waals surface area (Å²) in [5.74, 6) is -0.734. The van der Waals surface area contributed by atoms with Crippen molar-refractivity contribution in [2.24, 2.45) is 11.8 Å².